The maximum Gasteiger partial charge on any atom is 0.139 e. The van der Waals surface area contributed by atoms with Gasteiger partial charge < -0.3 is 5.32 Å². The number of aromatic nitrogens is 3. The lowest BCUT2D eigenvalue weighted by molar-refractivity contribution is 0.462. The van der Waals surface area contributed by atoms with Gasteiger partial charge in [-0.15, -0.1) is 11.3 Å². The van der Waals surface area contributed by atoms with Crippen LogP contribution >= 0.6 is 11.3 Å². The third-order valence-corrected chi connectivity index (χ3v) is 5.99. The fraction of sp³-hybridized carbons (Fsp3) is 0.421. The first kappa shape index (κ1) is 15.5. The highest BCUT2D eigenvalue weighted by molar-refractivity contribution is 7.19. The summed E-state index contributed by atoms with van der Waals surface area (Å²) >= 11 is 1.76. The summed E-state index contributed by atoms with van der Waals surface area (Å²) in [5.41, 5.74) is 2.22. The summed E-state index contributed by atoms with van der Waals surface area (Å²) < 4.78 is 0. The Morgan fingerprint density at radius 3 is 2.75 bits per heavy atom. The van der Waals surface area contributed by atoms with Crippen LogP contribution in [0.5, 0.6) is 0 Å². The highest BCUT2D eigenvalue weighted by atomic mass is 32.1. The monoisotopic (exact) mass is 338 g/mol. The summed E-state index contributed by atoms with van der Waals surface area (Å²) in [6.07, 6.45) is 11.0. The maximum absolute atomic E-state index is 4.59. The predicted octanol–water partition coefficient (Wildman–Crippen LogP) is 5.06. The van der Waals surface area contributed by atoms with Crippen LogP contribution in [0.25, 0.3) is 21.5 Å². The van der Waals surface area contributed by atoms with Gasteiger partial charge in [-0.05, 0) is 31.4 Å². The van der Waals surface area contributed by atoms with Gasteiger partial charge in [0.05, 0.1) is 11.1 Å². The Morgan fingerprint density at radius 1 is 1.12 bits per heavy atom. The molecule has 1 fully saturated rings. The Hall–Kier alpha value is -2.01. The van der Waals surface area contributed by atoms with Crippen LogP contribution < -0.4 is 5.32 Å². The van der Waals surface area contributed by atoms with E-state index in [9.17, 15) is 0 Å². The highest BCUT2D eigenvalue weighted by Crippen LogP contribution is 2.40. The fourth-order valence-electron chi connectivity index (χ4n) is 3.56. The van der Waals surface area contributed by atoms with Crippen molar-refractivity contribution in [2.45, 2.75) is 51.5 Å². The van der Waals surface area contributed by atoms with Crippen LogP contribution in [0, 0.1) is 0 Å². The van der Waals surface area contributed by atoms with E-state index in [1.54, 1.807) is 17.7 Å². The van der Waals surface area contributed by atoms with Gasteiger partial charge in [0.2, 0.25) is 0 Å². The van der Waals surface area contributed by atoms with Gasteiger partial charge in [0, 0.05) is 22.7 Å². The number of pyridine rings is 1. The number of hydrogen-bond acceptors (Lipinski definition) is 5. The maximum atomic E-state index is 4.59. The van der Waals surface area contributed by atoms with Gasteiger partial charge in [-0.1, -0.05) is 32.3 Å². The molecule has 0 radical (unpaired) electrons. The molecule has 5 heteroatoms. The molecule has 3 aromatic heterocycles. The smallest absolute Gasteiger partial charge is 0.139 e. The number of nitrogens with zero attached hydrogens (tertiary/aromatic N) is 3. The van der Waals surface area contributed by atoms with E-state index >= 15 is 0 Å². The van der Waals surface area contributed by atoms with Crippen LogP contribution in [0.1, 0.15) is 43.9 Å². The number of nitrogens with one attached hydrogen (secondary N) is 1. The van der Waals surface area contributed by atoms with E-state index in [4.69, 9.17) is 0 Å². The summed E-state index contributed by atoms with van der Waals surface area (Å²) in [6, 6.07) is 6.61. The number of thiophene rings is 1. The van der Waals surface area contributed by atoms with Crippen LogP contribution in [-0.4, -0.2) is 21.0 Å². The molecule has 1 N–H and O–H groups in total. The molecule has 0 bridgehead atoms. The summed E-state index contributed by atoms with van der Waals surface area (Å²) in [4.78, 5) is 16.1. The van der Waals surface area contributed by atoms with E-state index in [0.29, 0.717) is 6.04 Å². The van der Waals surface area contributed by atoms with Crippen LogP contribution in [-0.2, 0) is 6.42 Å². The Balaban J connectivity index is 1.84. The molecule has 1 aliphatic rings. The molecule has 3 aromatic rings. The standard InChI is InChI=1S/C19H22N4S/c1-2-15-16(14-10-6-7-11-20-14)17-18(21-12-22-19(17)24-15)23-13-8-4-3-5-9-13/h6-7,10-13H,2-5,8-9H2,1H3,(H,21,22,23). The molecule has 0 atom stereocenters. The summed E-state index contributed by atoms with van der Waals surface area (Å²) in [5.74, 6) is 0.975. The largest absolute Gasteiger partial charge is 0.367 e. The normalized spacial score (nSPS) is 15.7. The van der Waals surface area contributed by atoms with Crippen molar-refractivity contribution in [2.24, 2.45) is 0 Å². The van der Waals surface area contributed by atoms with Crippen LogP contribution in [0.2, 0.25) is 0 Å². The van der Waals surface area contributed by atoms with E-state index in [-0.39, 0.29) is 0 Å². The summed E-state index contributed by atoms with van der Waals surface area (Å²) in [7, 11) is 0. The van der Waals surface area contributed by atoms with E-state index in [1.165, 1.54) is 42.5 Å². The van der Waals surface area contributed by atoms with Crippen LogP contribution in [0.3, 0.4) is 0 Å². The van der Waals surface area contributed by atoms with E-state index in [2.05, 4.69) is 33.3 Å². The first-order chi connectivity index (χ1) is 11.9. The highest BCUT2D eigenvalue weighted by Gasteiger charge is 2.21. The van der Waals surface area contributed by atoms with Crippen molar-refractivity contribution in [3.8, 4) is 11.3 Å². The molecule has 4 rings (SSSR count). The molecular formula is C19H22N4S. The molecule has 0 amide bonds. The Morgan fingerprint density at radius 2 is 2.00 bits per heavy atom. The predicted molar refractivity (Wildman–Crippen MR) is 101 cm³/mol. The van der Waals surface area contributed by atoms with Gasteiger partial charge in [0.15, 0.2) is 0 Å². The fourth-order valence-corrected chi connectivity index (χ4v) is 4.65. The molecular weight excluding hydrogens is 316 g/mol. The summed E-state index contributed by atoms with van der Waals surface area (Å²) in [6.45, 7) is 2.19. The minimum absolute atomic E-state index is 0.526. The molecule has 124 valence electrons. The second-order valence-corrected chi connectivity index (χ2v) is 7.43. The van der Waals surface area contributed by atoms with Gasteiger partial charge in [-0.3, -0.25) is 4.98 Å². The molecule has 0 saturated heterocycles. The SMILES string of the molecule is CCc1sc2ncnc(NC3CCCCC3)c2c1-c1ccccn1. The molecule has 1 aliphatic carbocycles. The molecule has 4 nitrogen and oxygen atoms in total. The van der Waals surface area contributed by atoms with Crippen molar-refractivity contribution < 1.29 is 0 Å². The van der Waals surface area contributed by atoms with E-state index < -0.39 is 0 Å². The molecule has 24 heavy (non-hydrogen) atoms. The molecule has 0 unspecified atom stereocenters. The first-order valence-electron chi connectivity index (χ1n) is 8.81. The van der Waals surface area contributed by atoms with Crippen molar-refractivity contribution in [3.05, 3.63) is 35.6 Å². The second kappa shape index (κ2) is 6.85. The van der Waals surface area contributed by atoms with Crippen molar-refractivity contribution in [1.82, 2.24) is 15.0 Å². The number of anilines is 1. The van der Waals surface area contributed by atoms with E-state index in [0.717, 1.165) is 28.1 Å². The van der Waals surface area contributed by atoms with Gasteiger partial charge in [0.1, 0.15) is 17.0 Å². The topological polar surface area (TPSA) is 50.7 Å². The lowest BCUT2D eigenvalue weighted by Gasteiger charge is -2.23. The average Bonchev–Trinajstić information content (AvgIpc) is 3.03. The average molecular weight is 338 g/mol. The number of hydrogen-bond donors (Lipinski definition) is 1. The Labute approximate surface area is 146 Å². The van der Waals surface area contributed by atoms with Crippen molar-refractivity contribution in [2.75, 3.05) is 5.32 Å². The van der Waals surface area contributed by atoms with E-state index in [1.807, 2.05) is 18.3 Å². The third-order valence-electron chi connectivity index (χ3n) is 4.75. The molecule has 0 aromatic carbocycles. The minimum Gasteiger partial charge on any atom is -0.367 e. The molecule has 0 spiro atoms. The zero-order chi connectivity index (χ0) is 16.4. The lowest BCUT2D eigenvalue weighted by atomic mass is 9.95. The van der Waals surface area contributed by atoms with Gasteiger partial charge in [-0.25, -0.2) is 9.97 Å². The Bertz CT molecular complexity index is 822. The van der Waals surface area contributed by atoms with Crippen molar-refractivity contribution in [1.29, 1.82) is 0 Å². The second-order valence-electron chi connectivity index (χ2n) is 6.35. The van der Waals surface area contributed by atoms with Crippen molar-refractivity contribution in [3.63, 3.8) is 0 Å². The van der Waals surface area contributed by atoms with Gasteiger partial charge in [0.25, 0.3) is 0 Å². The van der Waals surface area contributed by atoms with Crippen LogP contribution in [0.4, 0.5) is 5.82 Å². The first-order valence-corrected chi connectivity index (χ1v) is 9.62. The quantitative estimate of drug-likeness (QED) is 0.722. The zero-order valence-electron chi connectivity index (χ0n) is 14.0. The zero-order valence-corrected chi connectivity index (χ0v) is 14.8. The van der Waals surface area contributed by atoms with Gasteiger partial charge >= 0.3 is 0 Å². The number of aryl methyl sites for hydroxylation is 1. The molecule has 0 aliphatic heterocycles. The molecule has 3 heterocycles. The number of rotatable bonds is 4. The minimum atomic E-state index is 0.526. The summed E-state index contributed by atoms with van der Waals surface area (Å²) in [5, 5.41) is 4.84. The van der Waals surface area contributed by atoms with Gasteiger partial charge in [-0.2, -0.15) is 0 Å². The third kappa shape index (κ3) is 2.88. The lowest BCUT2D eigenvalue weighted by Crippen LogP contribution is -2.23. The Kier molecular flexibility index (Phi) is 4.43. The van der Waals surface area contributed by atoms with Crippen molar-refractivity contribution >= 4 is 27.4 Å². The van der Waals surface area contributed by atoms with Crippen LogP contribution in [0.15, 0.2) is 30.7 Å². The molecule has 1 saturated carbocycles. The number of fused-ring (bicyclic) bond motifs is 1.